The van der Waals surface area contributed by atoms with Crippen molar-refractivity contribution in [2.24, 2.45) is 5.92 Å². The van der Waals surface area contributed by atoms with E-state index in [-0.39, 0.29) is 33.1 Å². The maximum Gasteiger partial charge on any atom is 0.330 e. The van der Waals surface area contributed by atoms with Crippen LogP contribution in [0.3, 0.4) is 0 Å². The van der Waals surface area contributed by atoms with Gasteiger partial charge in [-0.05, 0) is 39.3 Å². The Morgan fingerprint density at radius 3 is 2.53 bits per heavy atom. The molecule has 0 spiro atoms. The fraction of sp³-hybridized carbons (Fsp3) is 0.522. The van der Waals surface area contributed by atoms with Crippen molar-refractivity contribution in [3.63, 3.8) is 0 Å². The molecular weight excluding hydrogens is 461 g/mol. The number of nitrogens with zero attached hydrogens (tertiary/aromatic N) is 1. The Kier molecular flexibility index (Phi) is 11.4. The molecule has 2 aromatic rings. The average Bonchev–Trinajstić information content (AvgIpc) is 3.17. The van der Waals surface area contributed by atoms with Crippen LogP contribution in [-0.4, -0.2) is 47.5 Å². The summed E-state index contributed by atoms with van der Waals surface area (Å²) in [6, 6.07) is 10.5. The smallest absolute Gasteiger partial charge is 0.330 e. The molecule has 0 amide bonds. The zero-order valence-electron chi connectivity index (χ0n) is 20.1. The number of methoxy groups -OCH3 is 1. The molecule has 3 rings (SSSR count). The minimum Gasteiger partial charge on any atom is -0.497 e. The number of carbonyl (C=O) groups excluding carboxylic acids is 1. The van der Waals surface area contributed by atoms with Crippen LogP contribution in [0, 0.1) is 5.92 Å². The molecule has 0 radical (unpaired) electrons. The molecule has 1 aromatic heterocycles. The second-order valence-electron chi connectivity index (χ2n) is 8.16. The van der Waals surface area contributed by atoms with Gasteiger partial charge >= 0.3 is 11.7 Å². The second kappa shape index (κ2) is 14.0. The van der Waals surface area contributed by atoms with Crippen molar-refractivity contribution in [1.82, 2.24) is 14.6 Å². The van der Waals surface area contributed by atoms with Crippen LogP contribution < -0.4 is 21.1 Å². The summed E-state index contributed by atoms with van der Waals surface area (Å²) in [5.74, 6) is 0.690. The lowest BCUT2D eigenvalue weighted by atomic mass is 10.1. The topological polar surface area (TPSA) is 121 Å². The third-order valence-corrected chi connectivity index (χ3v) is 5.74. The Hall–Kier alpha value is -2.52. The normalized spacial score (nSPS) is 20.7. The Balaban J connectivity index is 0.000000430. The van der Waals surface area contributed by atoms with Crippen LogP contribution in [0.1, 0.15) is 40.3 Å². The molecule has 5 atom stereocenters. The number of esters is 1. The van der Waals surface area contributed by atoms with E-state index in [2.05, 4.69) is 10.1 Å². The van der Waals surface area contributed by atoms with Crippen molar-refractivity contribution in [1.29, 1.82) is 0 Å². The second-order valence-corrected chi connectivity index (χ2v) is 8.94. The van der Waals surface area contributed by atoms with Crippen LogP contribution in [-0.2, 0) is 18.8 Å². The number of H-pyrrole nitrogens is 1. The molecule has 11 heteroatoms. The van der Waals surface area contributed by atoms with E-state index in [1.165, 1.54) is 16.8 Å². The van der Waals surface area contributed by atoms with Crippen molar-refractivity contribution in [2.45, 2.75) is 58.6 Å². The first kappa shape index (κ1) is 27.7. The largest absolute Gasteiger partial charge is 0.497 e. The predicted molar refractivity (Wildman–Crippen MR) is 130 cm³/mol. The number of carbonyl (C=O) groups is 1. The molecule has 1 unspecified atom stereocenters. The zero-order valence-corrected chi connectivity index (χ0v) is 21.1. The number of para-hydroxylation sites is 1. The van der Waals surface area contributed by atoms with Gasteiger partial charge in [-0.15, -0.1) is 0 Å². The summed E-state index contributed by atoms with van der Waals surface area (Å²) in [6.07, 6.45) is 1.41. The maximum atomic E-state index is 11.9. The highest BCUT2D eigenvalue weighted by molar-refractivity contribution is 7.29. The Morgan fingerprint density at radius 2 is 1.94 bits per heavy atom. The van der Waals surface area contributed by atoms with Gasteiger partial charge in [0.25, 0.3) is 5.56 Å². The van der Waals surface area contributed by atoms with E-state index in [1.54, 1.807) is 27.9 Å². The maximum absolute atomic E-state index is 11.9. The first-order valence-electron chi connectivity index (χ1n) is 11.1. The molecule has 2 heterocycles. The van der Waals surface area contributed by atoms with Crippen molar-refractivity contribution in [3.8, 4) is 5.75 Å². The molecule has 0 saturated carbocycles. The third kappa shape index (κ3) is 9.02. The molecular formula is C23H34N3O7P. The lowest BCUT2D eigenvalue weighted by Crippen LogP contribution is -2.33. The summed E-state index contributed by atoms with van der Waals surface area (Å²) in [6.45, 7) is 7.63. The highest BCUT2D eigenvalue weighted by atomic mass is 31.1. The van der Waals surface area contributed by atoms with E-state index in [4.69, 9.17) is 18.7 Å². The highest BCUT2D eigenvalue weighted by Gasteiger charge is 2.34. The van der Waals surface area contributed by atoms with Gasteiger partial charge in [0.1, 0.15) is 18.0 Å². The van der Waals surface area contributed by atoms with Crippen molar-refractivity contribution in [2.75, 3.05) is 13.7 Å². The van der Waals surface area contributed by atoms with Crippen LogP contribution in [0.4, 0.5) is 0 Å². The number of benzene rings is 1. The number of rotatable bonds is 9. The molecule has 34 heavy (non-hydrogen) atoms. The van der Waals surface area contributed by atoms with Gasteiger partial charge in [0.2, 0.25) is 0 Å². The number of ether oxygens (including phenoxy) is 3. The van der Waals surface area contributed by atoms with E-state index in [1.807, 2.05) is 37.3 Å². The number of aromatic amines is 1. The lowest BCUT2D eigenvalue weighted by Gasteiger charge is -2.18. The summed E-state index contributed by atoms with van der Waals surface area (Å²) in [5.41, 5.74) is -0.925. The predicted octanol–water partition coefficient (Wildman–Crippen LogP) is 2.61. The molecule has 2 N–H and O–H groups in total. The van der Waals surface area contributed by atoms with Crippen LogP contribution in [0.5, 0.6) is 5.75 Å². The molecule has 1 saturated heterocycles. The number of hydrogen-bond donors (Lipinski definition) is 2. The summed E-state index contributed by atoms with van der Waals surface area (Å²) in [4.78, 5) is 37.0. The van der Waals surface area contributed by atoms with Crippen molar-refractivity contribution >= 4 is 14.9 Å². The van der Waals surface area contributed by atoms with Crippen molar-refractivity contribution in [3.05, 3.63) is 63.4 Å². The SMILES string of the molecule is CC(C)OC(=O)[C@H](C)NPOC[C@@H]1C[C@H](C)[C@H](n2ccc(=O)[nH]c2=O)O1.COc1ccccc1. The monoisotopic (exact) mass is 495 g/mol. The number of nitrogens with one attached hydrogen (secondary N) is 2. The van der Waals surface area contributed by atoms with Gasteiger partial charge in [-0.3, -0.25) is 24.2 Å². The molecule has 1 aliphatic heterocycles. The highest BCUT2D eigenvalue weighted by Crippen LogP contribution is 2.33. The van der Waals surface area contributed by atoms with Crippen LogP contribution >= 0.6 is 8.96 Å². The van der Waals surface area contributed by atoms with Gasteiger partial charge in [0, 0.05) is 18.2 Å². The summed E-state index contributed by atoms with van der Waals surface area (Å²) in [5, 5.41) is 2.96. The molecule has 188 valence electrons. The van der Waals surface area contributed by atoms with Crippen LogP contribution in [0.25, 0.3) is 0 Å². The first-order chi connectivity index (χ1) is 16.2. The Morgan fingerprint density at radius 1 is 1.24 bits per heavy atom. The first-order valence-corrected chi connectivity index (χ1v) is 12.0. The summed E-state index contributed by atoms with van der Waals surface area (Å²) < 4.78 is 22.9. The van der Waals surface area contributed by atoms with Gasteiger partial charge in [-0.2, -0.15) is 0 Å². The molecule has 0 aliphatic carbocycles. The number of hydrogen-bond acceptors (Lipinski definition) is 8. The van der Waals surface area contributed by atoms with E-state index in [0.717, 1.165) is 12.2 Å². The molecule has 10 nitrogen and oxygen atoms in total. The standard InChI is InChI=1S/C16H26N3O6P.C7H8O/c1-9(2)24-15(21)11(4)18-26-23-8-12-7-10(3)14(25-12)19-6-5-13(20)17-16(19)22;1-8-7-5-3-2-4-6-7/h5-6,9-12,14,18,26H,7-8H2,1-4H3,(H,17,20,22);2-6H,1H3/t10-,11-,12-,14+;/m0./s1. The average molecular weight is 496 g/mol. The van der Waals surface area contributed by atoms with Gasteiger partial charge in [0.05, 0.1) is 34.9 Å². The van der Waals surface area contributed by atoms with Crippen molar-refractivity contribution < 1.29 is 23.5 Å². The third-order valence-electron chi connectivity index (χ3n) is 4.88. The fourth-order valence-electron chi connectivity index (χ4n) is 3.21. The lowest BCUT2D eigenvalue weighted by molar-refractivity contribution is -0.148. The van der Waals surface area contributed by atoms with Gasteiger partial charge in [-0.1, -0.05) is 25.1 Å². The van der Waals surface area contributed by atoms with Gasteiger partial charge in [0.15, 0.2) is 0 Å². The van der Waals surface area contributed by atoms with Crippen LogP contribution in [0.2, 0.25) is 0 Å². The van der Waals surface area contributed by atoms with E-state index in [0.29, 0.717) is 6.61 Å². The molecule has 1 aliphatic rings. The minimum atomic E-state index is -0.489. The Bertz CT molecular complexity index is 996. The summed E-state index contributed by atoms with van der Waals surface area (Å²) in [7, 11) is 1.59. The Labute approximate surface area is 200 Å². The number of aromatic nitrogens is 2. The molecule has 0 bridgehead atoms. The minimum absolute atomic E-state index is 0.0715. The van der Waals surface area contributed by atoms with E-state index >= 15 is 0 Å². The quantitative estimate of drug-likeness (QED) is 0.309. The van der Waals surface area contributed by atoms with Crippen LogP contribution in [0.15, 0.2) is 52.2 Å². The summed E-state index contributed by atoms with van der Waals surface area (Å²) >= 11 is 0. The molecule has 1 fully saturated rings. The molecule has 1 aromatic carbocycles. The van der Waals surface area contributed by atoms with Gasteiger partial charge < -0.3 is 18.7 Å². The van der Waals surface area contributed by atoms with E-state index < -0.39 is 23.5 Å². The van der Waals surface area contributed by atoms with Gasteiger partial charge in [-0.25, -0.2) is 4.79 Å². The fourth-order valence-corrected chi connectivity index (χ4v) is 3.85. The zero-order chi connectivity index (χ0) is 25.1. The van der Waals surface area contributed by atoms with E-state index in [9.17, 15) is 14.4 Å².